The van der Waals surface area contributed by atoms with E-state index in [4.69, 9.17) is 0 Å². The summed E-state index contributed by atoms with van der Waals surface area (Å²) in [7, 11) is 0. The third-order valence-corrected chi connectivity index (χ3v) is 3.82. The summed E-state index contributed by atoms with van der Waals surface area (Å²) < 4.78 is 0. The molecule has 0 N–H and O–H groups in total. The van der Waals surface area contributed by atoms with Crippen LogP contribution in [0.15, 0.2) is 30.3 Å². The zero-order chi connectivity index (χ0) is 17.1. The monoisotopic (exact) mass is 356 g/mol. The number of hydrogen-bond acceptors (Lipinski definition) is 4. The Balaban J connectivity index is 0.00000529. The number of carbonyl (C=O) groups excluding carboxylic acids is 2. The van der Waals surface area contributed by atoms with Crippen molar-refractivity contribution in [3.8, 4) is 0 Å². The van der Waals surface area contributed by atoms with Crippen LogP contribution in [0, 0.1) is 0 Å². The van der Waals surface area contributed by atoms with Gasteiger partial charge in [0.15, 0.2) is 0 Å². The van der Waals surface area contributed by atoms with Gasteiger partial charge in [-0.2, -0.15) is 0 Å². The maximum atomic E-state index is 11.0. The Morgan fingerprint density at radius 1 is 0.917 bits per heavy atom. The molecular weight excluding hydrogens is 332 g/mol. The molecule has 1 rings (SSSR count). The van der Waals surface area contributed by atoms with Crippen molar-refractivity contribution in [1.29, 1.82) is 0 Å². The third-order valence-electron chi connectivity index (χ3n) is 3.82. The molecule has 5 heteroatoms. The third kappa shape index (κ3) is 9.45. The summed E-state index contributed by atoms with van der Waals surface area (Å²) in [4.78, 5) is 21.5. The normalized spacial score (nSPS) is 11.0. The van der Waals surface area contributed by atoms with Crippen molar-refractivity contribution in [2.45, 2.75) is 58.3 Å². The van der Waals surface area contributed by atoms with Crippen molar-refractivity contribution >= 4 is 55.2 Å². The van der Waals surface area contributed by atoms with Crippen molar-refractivity contribution in [2.24, 2.45) is 0 Å². The van der Waals surface area contributed by atoms with Gasteiger partial charge >= 0.3 is 37.7 Å². The van der Waals surface area contributed by atoms with E-state index < -0.39 is 11.9 Å². The molecule has 0 fully saturated rings. The predicted octanol–water partition coefficient (Wildman–Crippen LogP) is 1.48. The van der Waals surface area contributed by atoms with Crippen molar-refractivity contribution in [3.63, 3.8) is 0 Å². The van der Waals surface area contributed by atoms with E-state index in [1.165, 1.54) is 38.5 Å². The van der Waals surface area contributed by atoms with E-state index in [-0.39, 0.29) is 43.3 Å². The van der Waals surface area contributed by atoms with Gasteiger partial charge < -0.3 is 19.8 Å². The zero-order valence-electron chi connectivity index (χ0n) is 14.4. The van der Waals surface area contributed by atoms with Gasteiger partial charge in [0.2, 0.25) is 0 Å². The molecule has 1 aromatic carbocycles. The topological polar surface area (TPSA) is 80.3 Å². The van der Waals surface area contributed by atoms with E-state index in [9.17, 15) is 19.8 Å². The molecule has 0 saturated carbocycles. The van der Waals surface area contributed by atoms with Crippen LogP contribution in [0.4, 0.5) is 0 Å². The molecular formula is C19H24CaO4. The van der Waals surface area contributed by atoms with Crippen LogP contribution in [0.1, 0.15) is 63.0 Å². The Bertz CT molecular complexity index is 535. The minimum Gasteiger partial charge on any atom is -0.545 e. The maximum absolute atomic E-state index is 11.0. The van der Waals surface area contributed by atoms with Crippen molar-refractivity contribution < 1.29 is 19.8 Å². The van der Waals surface area contributed by atoms with Crippen LogP contribution in [0.3, 0.4) is 0 Å². The predicted molar refractivity (Wildman–Crippen MR) is 91.9 cm³/mol. The molecule has 0 spiro atoms. The molecule has 0 saturated heterocycles. The molecule has 0 aliphatic rings. The summed E-state index contributed by atoms with van der Waals surface area (Å²) in [6.45, 7) is 2.21. The number of carbonyl (C=O) groups is 2. The molecule has 126 valence electrons. The quantitative estimate of drug-likeness (QED) is 0.342. The van der Waals surface area contributed by atoms with Crippen LogP contribution < -0.4 is 10.2 Å². The first-order valence-electron chi connectivity index (χ1n) is 8.28. The van der Waals surface area contributed by atoms with Gasteiger partial charge in [0.25, 0.3) is 0 Å². The largest absolute Gasteiger partial charge is 2.00 e. The van der Waals surface area contributed by atoms with Crippen LogP contribution >= 0.6 is 0 Å². The molecule has 0 amide bonds. The maximum Gasteiger partial charge on any atom is 2.00 e. The minimum absolute atomic E-state index is 0. The Kier molecular flexibility index (Phi) is 13.0. The van der Waals surface area contributed by atoms with Crippen LogP contribution in [-0.2, 0) is 16.0 Å². The molecule has 0 aromatic heterocycles. The number of aliphatic carboxylic acids is 2. The Morgan fingerprint density at radius 3 is 1.96 bits per heavy atom. The summed E-state index contributed by atoms with van der Waals surface area (Å²) in [6.07, 6.45) is 10.2. The second-order valence-corrected chi connectivity index (χ2v) is 5.73. The number of aryl methyl sites for hydroxylation is 1. The van der Waals surface area contributed by atoms with Gasteiger partial charge in [0.05, 0.1) is 11.9 Å². The second-order valence-electron chi connectivity index (χ2n) is 5.73. The summed E-state index contributed by atoms with van der Waals surface area (Å²) in [5, 5.41) is 21.5. The van der Waals surface area contributed by atoms with E-state index in [2.05, 4.69) is 6.92 Å². The minimum atomic E-state index is -1.55. The average Bonchev–Trinajstić information content (AvgIpc) is 2.52. The first kappa shape index (κ1) is 23.2. The fourth-order valence-electron chi connectivity index (χ4n) is 2.52. The van der Waals surface area contributed by atoms with Crippen molar-refractivity contribution in [2.75, 3.05) is 0 Å². The van der Waals surface area contributed by atoms with Crippen LogP contribution in [0.5, 0.6) is 0 Å². The van der Waals surface area contributed by atoms with E-state index in [0.717, 1.165) is 18.4 Å². The van der Waals surface area contributed by atoms with Gasteiger partial charge in [-0.25, -0.2) is 0 Å². The molecule has 4 nitrogen and oxygen atoms in total. The van der Waals surface area contributed by atoms with E-state index in [1.54, 1.807) is 12.1 Å². The van der Waals surface area contributed by atoms with Gasteiger partial charge in [-0.1, -0.05) is 69.7 Å². The van der Waals surface area contributed by atoms with Gasteiger partial charge in [0.1, 0.15) is 0 Å². The molecule has 0 heterocycles. The van der Waals surface area contributed by atoms with Crippen molar-refractivity contribution in [1.82, 2.24) is 0 Å². The second kappa shape index (κ2) is 13.5. The molecule has 0 atom stereocenters. The first-order valence-corrected chi connectivity index (χ1v) is 8.28. The number of benzene rings is 1. The fraction of sp³-hybridized carbons (Fsp3) is 0.474. The molecule has 0 bridgehead atoms. The summed E-state index contributed by atoms with van der Waals surface area (Å²) in [6, 6.07) is 6.89. The van der Waals surface area contributed by atoms with Gasteiger partial charge in [0, 0.05) is 5.57 Å². The summed E-state index contributed by atoms with van der Waals surface area (Å²) in [5.74, 6) is -3.06. The number of carboxylic acid groups (broad SMARTS) is 2. The average molecular weight is 356 g/mol. The van der Waals surface area contributed by atoms with Gasteiger partial charge in [-0.05, 0) is 30.0 Å². The summed E-state index contributed by atoms with van der Waals surface area (Å²) >= 11 is 0. The fourth-order valence-corrected chi connectivity index (χ4v) is 2.52. The molecule has 0 aliphatic carbocycles. The van der Waals surface area contributed by atoms with Crippen molar-refractivity contribution in [3.05, 3.63) is 41.5 Å². The first-order chi connectivity index (χ1) is 11.0. The van der Waals surface area contributed by atoms with E-state index in [1.807, 2.05) is 12.1 Å². The van der Waals surface area contributed by atoms with Gasteiger partial charge in [-0.3, -0.25) is 0 Å². The molecule has 24 heavy (non-hydrogen) atoms. The Labute approximate surface area is 174 Å². The van der Waals surface area contributed by atoms with E-state index in [0.29, 0.717) is 11.6 Å². The molecule has 0 aliphatic heterocycles. The Morgan fingerprint density at radius 2 is 1.46 bits per heavy atom. The SMILES string of the molecule is CCCCCCCCCc1ccc(/C(=C/C(=O)[O-])C(=O)[O-])cc1.[Ca+2]. The van der Waals surface area contributed by atoms with Crippen LogP contribution in [0.2, 0.25) is 0 Å². The molecule has 0 unspecified atom stereocenters. The van der Waals surface area contributed by atoms with Crippen LogP contribution in [0.25, 0.3) is 5.57 Å². The smallest absolute Gasteiger partial charge is 0.545 e. The number of hydrogen-bond donors (Lipinski definition) is 0. The Hall–Kier alpha value is -0.840. The number of unbranched alkanes of at least 4 members (excludes halogenated alkanes) is 6. The van der Waals surface area contributed by atoms with Crippen LogP contribution in [-0.4, -0.2) is 49.7 Å². The standard InChI is InChI=1S/C19H26O4.Ca/c1-2-3-4-5-6-7-8-9-15-10-12-16(13-11-15)17(19(22)23)14-18(20)21;/h10-14H,2-9H2,1H3,(H,20,21)(H,22,23);/q;+2/p-2/b17-14-;. The van der Waals surface area contributed by atoms with Gasteiger partial charge in [-0.15, -0.1) is 0 Å². The number of rotatable bonds is 11. The molecule has 1 aromatic rings. The molecule has 0 radical (unpaired) electrons. The summed E-state index contributed by atoms with van der Waals surface area (Å²) in [5.41, 5.74) is 1.07. The number of carboxylic acids is 2. The van der Waals surface area contributed by atoms with E-state index >= 15 is 0 Å². The zero-order valence-corrected chi connectivity index (χ0v) is 16.6.